The normalized spacial score (nSPS) is 29.4. The first-order valence-corrected chi connectivity index (χ1v) is 7.76. The molecular weight excluding hydrogens is 254 g/mol. The minimum Gasteiger partial charge on any atom is -0.396 e. The Balaban J connectivity index is 1.84. The Kier molecular flexibility index (Phi) is 5.04. The van der Waals surface area contributed by atoms with Crippen molar-refractivity contribution in [3.8, 4) is 0 Å². The first-order valence-electron chi connectivity index (χ1n) is 7.76. The zero-order valence-corrected chi connectivity index (χ0v) is 13.1. The van der Waals surface area contributed by atoms with E-state index < -0.39 is 0 Å². The van der Waals surface area contributed by atoms with E-state index >= 15 is 0 Å². The Morgan fingerprint density at radius 2 is 1.85 bits per heavy atom. The molecule has 2 saturated heterocycles. The minimum atomic E-state index is -0.0115. The molecule has 0 aromatic heterocycles. The Bertz CT molecular complexity index is 340. The van der Waals surface area contributed by atoms with Gasteiger partial charge in [-0.05, 0) is 25.9 Å². The van der Waals surface area contributed by atoms with E-state index in [9.17, 15) is 9.90 Å². The smallest absolute Gasteiger partial charge is 0.236 e. The van der Waals surface area contributed by atoms with Crippen LogP contribution >= 0.6 is 0 Å². The summed E-state index contributed by atoms with van der Waals surface area (Å²) in [5, 5.41) is 9.69. The summed E-state index contributed by atoms with van der Waals surface area (Å²) in [5.74, 6) is 0.701. The molecule has 116 valence electrons. The molecule has 20 heavy (non-hydrogen) atoms. The number of rotatable bonds is 4. The van der Waals surface area contributed by atoms with E-state index in [1.807, 2.05) is 4.90 Å². The number of hydrogen-bond donors (Lipinski definition) is 1. The number of carbonyl (C=O) groups excluding carboxylic acids is 1. The van der Waals surface area contributed by atoms with Crippen molar-refractivity contribution in [2.45, 2.75) is 20.3 Å². The van der Waals surface area contributed by atoms with Crippen molar-refractivity contribution in [2.24, 2.45) is 11.3 Å². The number of hydrogen-bond acceptors (Lipinski definition) is 4. The lowest BCUT2D eigenvalue weighted by atomic mass is 9.77. The van der Waals surface area contributed by atoms with Gasteiger partial charge in [0.05, 0.1) is 13.2 Å². The molecule has 2 fully saturated rings. The zero-order valence-electron chi connectivity index (χ0n) is 13.1. The maximum atomic E-state index is 12.3. The number of nitrogens with zero attached hydrogens (tertiary/aromatic N) is 3. The molecular formula is C15H29N3O2. The number of likely N-dealkylation sites (tertiary alicyclic amines) is 1. The van der Waals surface area contributed by atoms with Crippen LogP contribution in [0.25, 0.3) is 0 Å². The average Bonchev–Trinajstić information content (AvgIpc) is 2.84. The maximum Gasteiger partial charge on any atom is 0.236 e. The molecule has 5 heteroatoms. The number of carbonyl (C=O) groups is 1. The van der Waals surface area contributed by atoms with E-state index in [-0.39, 0.29) is 17.9 Å². The second-order valence-corrected chi connectivity index (χ2v) is 6.82. The van der Waals surface area contributed by atoms with Crippen molar-refractivity contribution < 1.29 is 9.90 Å². The Hall–Kier alpha value is -0.650. The SMILES string of the molecule is CC(C)C1(CO)CCN(CC(=O)N2CCN(C)CC2)C1. The van der Waals surface area contributed by atoms with E-state index in [4.69, 9.17) is 0 Å². The van der Waals surface area contributed by atoms with Gasteiger partial charge >= 0.3 is 0 Å². The Labute approximate surface area is 122 Å². The molecule has 5 nitrogen and oxygen atoms in total. The van der Waals surface area contributed by atoms with Crippen LogP contribution in [0, 0.1) is 11.3 Å². The number of aliphatic hydroxyl groups excluding tert-OH is 1. The fourth-order valence-corrected chi connectivity index (χ4v) is 3.25. The third-order valence-electron chi connectivity index (χ3n) is 5.22. The molecule has 1 amide bonds. The first-order chi connectivity index (χ1) is 9.47. The summed E-state index contributed by atoms with van der Waals surface area (Å²) in [6.07, 6.45) is 0.997. The highest BCUT2D eigenvalue weighted by Crippen LogP contribution is 2.37. The largest absolute Gasteiger partial charge is 0.396 e. The van der Waals surface area contributed by atoms with Gasteiger partial charge in [-0.3, -0.25) is 9.69 Å². The van der Waals surface area contributed by atoms with E-state index in [0.717, 1.165) is 45.7 Å². The summed E-state index contributed by atoms with van der Waals surface area (Å²) in [7, 11) is 2.10. The van der Waals surface area contributed by atoms with Crippen molar-refractivity contribution >= 4 is 5.91 Å². The summed E-state index contributed by atoms with van der Waals surface area (Å²) in [6.45, 7) is 10.5. The van der Waals surface area contributed by atoms with Gasteiger partial charge in [0.25, 0.3) is 0 Å². The topological polar surface area (TPSA) is 47.0 Å². The highest BCUT2D eigenvalue weighted by atomic mass is 16.3. The monoisotopic (exact) mass is 283 g/mol. The molecule has 0 aromatic rings. The summed E-state index contributed by atoms with van der Waals surface area (Å²) >= 11 is 0. The van der Waals surface area contributed by atoms with Crippen molar-refractivity contribution in [3.05, 3.63) is 0 Å². The minimum absolute atomic E-state index is 0.0115. The van der Waals surface area contributed by atoms with Crippen molar-refractivity contribution in [3.63, 3.8) is 0 Å². The molecule has 0 bridgehead atoms. The van der Waals surface area contributed by atoms with Gasteiger partial charge in [0.15, 0.2) is 0 Å². The quantitative estimate of drug-likeness (QED) is 0.795. The van der Waals surface area contributed by atoms with Crippen molar-refractivity contribution in [2.75, 3.05) is 59.5 Å². The molecule has 1 atom stereocenters. The Morgan fingerprint density at radius 1 is 1.20 bits per heavy atom. The van der Waals surface area contributed by atoms with Gasteiger partial charge in [0, 0.05) is 38.1 Å². The lowest BCUT2D eigenvalue weighted by Gasteiger charge is -2.34. The van der Waals surface area contributed by atoms with Gasteiger partial charge in [-0.25, -0.2) is 0 Å². The van der Waals surface area contributed by atoms with Gasteiger partial charge in [0.1, 0.15) is 0 Å². The van der Waals surface area contributed by atoms with Crippen LogP contribution in [-0.4, -0.2) is 85.2 Å². The molecule has 0 aliphatic carbocycles. The second-order valence-electron chi connectivity index (χ2n) is 6.82. The molecule has 1 N–H and O–H groups in total. The lowest BCUT2D eigenvalue weighted by molar-refractivity contribution is -0.133. The second kappa shape index (κ2) is 6.41. The van der Waals surface area contributed by atoms with Crippen LogP contribution in [0.5, 0.6) is 0 Å². The number of aliphatic hydroxyl groups is 1. The highest BCUT2D eigenvalue weighted by Gasteiger charge is 2.40. The van der Waals surface area contributed by atoms with Gasteiger partial charge in [-0.15, -0.1) is 0 Å². The van der Waals surface area contributed by atoms with Gasteiger partial charge in [-0.2, -0.15) is 0 Å². The molecule has 0 spiro atoms. The molecule has 0 aromatic carbocycles. The Morgan fingerprint density at radius 3 is 2.35 bits per heavy atom. The first kappa shape index (κ1) is 15.7. The van der Waals surface area contributed by atoms with E-state index in [1.165, 1.54) is 0 Å². The molecule has 2 aliphatic heterocycles. The highest BCUT2D eigenvalue weighted by molar-refractivity contribution is 5.78. The van der Waals surface area contributed by atoms with Gasteiger partial charge in [0.2, 0.25) is 5.91 Å². The van der Waals surface area contributed by atoms with Crippen LogP contribution in [0.1, 0.15) is 20.3 Å². The van der Waals surface area contributed by atoms with Crippen LogP contribution in [0.15, 0.2) is 0 Å². The fraction of sp³-hybridized carbons (Fsp3) is 0.933. The molecule has 1 unspecified atom stereocenters. The number of likely N-dealkylation sites (N-methyl/N-ethyl adjacent to an activating group) is 1. The molecule has 2 aliphatic rings. The van der Waals surface area contributed by atoms with Crippen molar-refractivity contribution in [1.29, 1.82) is 0 Å². The average molecular weight is 283 g/mol. The molecule has 0 saturated carbocycles. The third-order valence-corrected chi connectivity index (χ3v) is 5.22. The summed E-state index contributed by atoms with van der Waals surface area (Å²) in [4.78, 5) is 18.8. The van der Waals surface area contributed by atoms with Crippen molar-refractivity contribution in [1.82, 2.24) is 14.7 Å². The standard InChI is InChI=1S/C15H29N3O2/c1-13(2)15(12-19)4-5-17(11-15)10-14(20)18-8-6-16(3)7-9-18/h13,19H,4-12H2,1-3H3. The van der Waals surface area contributed by atoms with E-state index in [0.29, 0.717) is 12.5 Å². The zero-order chi connectivity index (χ0) is 14.8. The molecule has 2 rings (SSSR count). The van der Waals surface area contributed by atoms with E-state index in [1.54, 1.807) is 0 Å². The lowest BCUT2D eigenvalue weighted by Crippen LogP contribution is -2.50. The van der Waals surface area contributed by atoms with Crippen LogP contribution in [0.2, 0.25) is 0 Å². The van der Waals surface area contributed by atoms with Gasteiger partial charge in [-0.1, -0.05) is 13.8 Å². The van der Waals surface area contributed by atoms with Gasteiger partial charge < -0.3 is 14.9 Å². The summed E-state index contributed by atoms with van der Waals surface area (Å²) in [5.41, 5.74) is -0.0115. The predicted octanol–water partition coefficient (Wildman–Crippen LogP) is 0.101. The summed E-state index contributed by atoms with van der Waals surface area (Å²) < 4.78 is 0. The number of amides is 1. The predicted molar refractivity (Wildman–Crippen MR) is 79.5 cm³/mol. The van der Waals surface area contributed by atoms with Crippen LogP contribution in [0.3, 0.4) is 0 Å². The molecule has 2 heterocycles. The van der Waals surface area contributed by atoms with Crippen LogP contribution in [0.4, 0.5) is 0 Å². The van der Waals surface area contributed by atoms with Crippen LogP contribution < -0.4 is 0 Å². The fourth-order valence-electron chi connectivity index (χ4n) is 3.25. The van der Waals surface area contributed by atoms with Crippen LogP contribution in [-0.2, 0) is 4.79 Å². The van der Waals surface area contributed by atoms with E-state index in [2.05, 4.69) is 30.7 Å². The maximum absolute atomic E-state index is 12.3. The summed E-state index contributed by atoms with van der Waals surface area (Å²) in [6, 6.07) is 0. The molecule has 0 radical (unpaired) electrons. The number of piperazine rings is 1. The third kappa shape index (κ3) is 3.32.